The van der Waals surface area contributed by atoms with Crippen molar-refractivity contribution in [1.82, 2.24) is 5.32 Å². The number of benzene rings is 1. The first-order chi connectivity index (χ1) is 8.51. The van der Waals surface area contributed by atoms with Crippen LogP contribution >= 0.6 is 0 Å². The molecule has 3 heteroatoms. The van der Waals surface area contributed by atoms with Gasteiger partial charge in [-0.3, -0.25) is 4.79 Å². The summed E-state index contributed by atoms with van der Waals surface area (Å²) in [5, 5.41) is 3.44. The fourth-order valence-electron chi connectivity index (χ4n) is 1.91. The van der Waals surface area contributed by atoms with Crippen molar-refractivity contribution in [3.63, 3.8) is 0 Å². The topological polar surface area (TPSA) is 38.3 Å². The molecule has 0 saturated heterocycles. The molecule has 0 aliphatic heterocycles. The van der Waals surface area contributed by atoms with Gasteiger partial charge in [-0.05, 0) is 25.8 Å². The number of ether oxygens (including phenoxy) is 1. The summed E-state index contributed by atoms with van der Waals surface area (Å²) in [6.07, 6.45) is 0.987. The summed E-state index contributed by atoms with van der Waals surface area (Å²) >= 11 is 0. The summed E-state index contributed by atoms with van der Waals surface area (Å²) in [6.45, 7) is 6.52. The number of hydrogen-bond donors (Lipinski definition) is 1. The highest BCUT2D eigenvalue weighted by atomic mass is 16.5. The second-order valence-electron chi connectivity index (χ2n) is 5.13. The summed E-state index contributed by atoms with van der Waals surface area (Å²) in [4.78, 5) is 11.6. The molecule has 1 rings (SSSR count). The highest BCUT2D eigenvalue weighted by molar-refractivity contribution is 5.76. The Hall–Kier alpha value is -1.35. The van der Waals surface area contributed by atoms with E-state index in [1.54, 1.807) is 0 Å². The number of methoxy groups -OCH3 is 1. The molecule has 1 atom stereocenters. The third-order valence-electron chi connectivity index (χ3n) is 3.14. The van der Waals surface area contributed by atoms with Crippen molar-refractivity contribution >= 4 is 5.97 Å². The van der Waals surface area contributed by atoms with Gasteiger partial charge in [0.15, 0.2) is 0 Å². The zero-order valence-corrected chi connectivity index (χ0v) is 11.7. The molecule has 0 aromatic heterocycles. The maximum atomic E-state index is 11.6. The molecule has 100 valence electrons. The van der Waals surface area contributed by atoms with Gasteiger partial charge in [-0.1, -0.05) is 37.3 Å². The highest BCUT2D eigenvalue weighted by Crippen LogP contribution is 2.20. The van der Waals surface area contributed by atoms with Crippen LogP contribution in [0.4, 0.5) is 0 Å². The first-order valence-electron chi connectivity index (χ1n) is 6.38. The smallest absolute Gasteiger partial charge is 0.312 e. The molecule has 0 aliphatic rings. The molecule has 0 heterocycles. The summed E-state index contributed by atoms with van der Waals surface area (Å²) in [5.41, 5.74) is 0.748. The van der Waals surface area contributed by atoms with Gasteiger partial charge in [-0.2, -0.15) is 0 Å². The van der Waals surface area contributed by atoms with Crippen LogP contribution in [0.1, 0.15) is 38.8 Å². The third kappa shape index (κ3) is 3.84. The minimum absolute atomic E-state index is 0.182. The lowest BCUT2D eigenvalue weighted by atomic mass is 9.92. The van der Waals surface area contributed by atoms with Crippen molar-refractivity contribution in [2.24, 2.45) is 5.41 Å². The van der Waals surface area contributed by atoms with E-state index in [0.29, 0.717) is 6.54 Å². The predicted molar refractivity (Wildman–Crippen MR) is 73.3 cm³/mol. The molecule has 0 amide bonds. The number of nitrogens with one attached hydrogen (secondary N) is 1. The second-order valence-corrected chi connectivity index (χ2v) is 5.13. The molecule has 1 aromatic rings. The predicted octanol–water partition coefficient (Wildman–Crippen LogP) is 2.93. The first-order valence-corrected chi connectivity index (χ1v) is 6.38. The molecule has 0 aliphatic carbocycles. The number of carbonyl (C=O) groups excluding carboxylic acids is 1. The van der Waals surface area contributed by atoms with Gasteiger partial charge in [0.2, 0.25) is 0 Å². The van der Waals surface area contributed by atoms with Crippen LogP contribution in [0, 0.1) is 5.41 Å². The number of esters is 1. The molecule has 0 spiro atoms. The number of rotatable bonds is 6. The second kappa shape index (κ2) is 6.55. The summed E-state index contributed by atoms with van der Waals surface area (Å²) < 4.78 is 4.81. The van der Waals surface area contributed by atoms with Crippen LogP contribution in [0.15, 0.2) is 30.3 Å². The fraction of sp³-hybridized carbons (Fsp3) is 0.533. The normalized spacial score (nSPS) is 13.1. The standard InChI is InChI=1S/C15H23NO2/c1-5-13(12-9-7-6-8-10-12)16-11-15(2,3)14(17)18-4/h6-10,13,16H,5,11H2,1-4H3. The van der Waals surface area contributed by atoms with Crippen LogP contribution in [0.3, 0.4) is 0 Å². The van der Waals surface area contributed by atoms with Gasteiger partial charge >= 0.3 is 5.97 Å². The monoisotopic (exact) mass is 249 g/mol. The summed E-state index contributed by atoms with van der Waals surface area (Å²) in [6, 6.07) is 10.6. The molecule has 1 unspecified atom stereocenters. The Morgan fingerprint density at radius 2 is 1.94 bits per heavy atom. The molecule has 1 N–H and O–H groups in total. The van der Waals surface area contributed by atoms with Gasteiger partial charge in [0.25, 0.3) is 0 Å². The van der Waals surface area contributed by atoms with Crippen LogP contribution in [0.25, 0.3) is 0 Å². The molecular formula is C15H23NO2. The van der Waals surface area contributed by atoms with Gasteiger partial charge < -0.3 is 10.1 Å². The van der Waals surface area contributed by atoms with Crippen molar-refractivity contribution in [3.8, 4) is 0 Å². The van der Waals surface area contributed by atoms with E-state index in [0.717, 1.165) is 6.42 Å². The van der Waals surface area contributed by atoms with Crippen LogP contribution < -0.4 is 5.32 Å². The lowest BCUT2D eigenvalue weighted by molar-refractivity contribution is -0.150. The van der Waals surface area contributed by atoms with Crippen LogP contribution in [-0.4, -0.2) is 19.6 Å². The van der Waals surface area contributed by atoms with Crippen molar-refractivity contribution in [3.05, 3.63) is 35.9 Å². The van der Waals surface area contributed by atoms with Crippen LogP contribution in [0.5, 0.6) is 0 Å². The maximum Gasteiger partial charge on any atom is 0.312 e. The molecule has 0 saturated carbocycles. The van der Waals surface area contributed by atoms with E-state index in [-0.39, 0.29) is 12.0 Å². The van der Waals surface area contributed by atoms with Gasteiger partial charge in [-0.25, -0.2) is 0 Å². The van der Waals surface area contributed by atoms with Gasteiger partial charge in [0.05, 0.1) is 12.5 Å². The zero-order chi connectivity index (χ0) is 13.6. The third-order valence-corrected chi connectivity index (χ3v) is 3.14. The van der Waals surface area contributed by atoms with Crippen molar-refractivity contribution < 1.29 is 9.53 Å². The summed E-state index contributed by atoms with van der Waals surface area (Å²) in [7, 11) is 1.43. The maximum absolute atomic E-state index is 11.6. The first kappa shape index (κ1) is 14.7. The Kier molecular flexibility index (Phi) is 5.35. The summed E-state index contributed by atoms with van der Waals surface area (Å²) in [5.74, 6) is -0.182. The lowest BCUT2D eigenvalue weighted by Gasteiger charge is -2.26. The van der Waals surface area contributed by atoms with Crippen molar-refractivity contribution in [2.75, 3.05) is 13.7 Å². The van der Waals surface area contributed by atoms with Crippen LogP contribution in [0.2, 0.25) is 0 Å². The van der Waals surface area contributed by atoms with Gasteiger partial charge in [0, 0.05) is 12.6 Å². The van der Waals surface area contributed by atoms with Crippen LogP contribution in [-0.2, 0) is 9.53 Å². The van der Waals surface area contributed by atoms with Gasteiger partial charge in [0.1, 0.15) is 0 Å². The SMILES string of the molecule is CCC(NCC(C)(C)C(=O)OC)c1ccccc1. The van der Waals surface area contributed by atoms with Crippen molar-refractivity contribution in [1.29, 1.82) is 0 Å². The Labute approximate surface area is 110 Å². The van der Waals surface area contributed by atoms with Gasteiger partial charge in [-0.15, -0.1) is 0 Å². The molecule has 0 fully saturated rings. The van der Waals surface area contributed by atoms with E-state index >= 15 is 0 Å². The largest absolute Gasteiger partial charge is 0.469 e. The van der Waals surface area contributed by atoms with E-state index < -0.39 is 5.41 Å². The van der Waals surface area contributed by atoms with E-state index in [1.165, 1.54) is 12.7 Å². The Morgan fingerprint density at radius 3 is 2.44 bits per heavy atom. The molecule has 18 heavy (non-hydrogen) atoms. The number of carbonyl (C=O) groups is 1. The lowest BCUT2D eigenvalue weighted by Crippen LogP contribution is -2.38. The molecule has 0 bridgehead atoms. The number of hydrogen-bond acceptors (Lipinski definition) is 3. The quantitative estimate of drug-likeness (QED) is 0.788. The Bertz CT molecular complexity index is 373. The van der Waals surface area contributed by atoms with E-state index in [4.69, 9.17) is 4.74 Å². The van der Waals surface area contributed by atoms with E-state index in [9.17, 15) is 4.79 Å². The molecule has 0 radical (unpaired) electrons. The minimum atomic E-state index is -0.503. The molecule has 3 nitrogen and oxygen atoms in total. The zero-order valence-electron chi connectivity index (χ0n) is 11.7. The Morgan fingerprint density at radius 1 is 1.33 bits per heavy atom. The Balaban J connectivity index is 2.63. The molecule has 1 aromatic carbocycles. The highest BCUT2D eigenvalue weighted by Gasteiger charge is 2.29. The fourth-order valence-corrected chi connectivity index (χ4v) is 1.91. The van der Waals surface area contributed by atoms with E-state index in [1.807, 2.05) is 32.0 Å². The van der Waals surface area contributed by atoms with E-state index in [2.05, 4.69) is 24.4 Å². The minimum Gasteiger partial charge on any atom is -0.469 e. The average Bonchev–Trinajstić information content (AvgIpc) is 2.39. The van der Waals surface area contributed by atoms with Crippen molar-refractivity contribution in [2.45, 2.75) is 33.2 Å². The molecular weight excluding hydrogens is 226 g/mol. The average molecular weight is 249 g/mol.